The number of aliphatic carboxylic acids is 1. The quantitative estimate of drug-likeness (QED) is 0.0290. The van der Waals surface area contributed by atoms with E-state index in [9.17, 15) is 96.2 Å². The van der Waals surface area contributed by atoms with Gasteiger partial charge >= 0.3 is 5.97 Å². The minimum Gasteiger partial charge on any atom is -0.480 e. The minimum absolute atomic E-state index is 0.0552. The Hall–Kier alpha value is -10.1. The summed E-state index contributed by atoms with van der Waals surface area (Å²) in [5.74, 6) is -17.0. The molecule has 38 heteroatoms. The molecule has 0 spiro atoms. The molecule has 2 saturated heterocycles. The molecule has 38 nitrogen and oxygen atoms in total. The van der Waals surface area contributed by atoms with Crippen molar-refractivity contribution in [3.05, 3.63) is 0 Å². The van der Waals surface area contributed by atoms with Gasteiger partial charge in [-0.15, -0.1) is 0 Å². The van der Waals surface area contributed by atoms with Crippen LogP contribution < -0.4 is 85.5 Å². The molecule has 0 aromatic heterocycles. The van der Waals surface area contributed by atoms with E-state index in [-0.39, 0.29) is 38.3 Å². The zero-order valence-corrected chi connectivity index (χ0v) is 69.1. The minimum atomic E-state index is -1.88. The first kappa shape index (κ1) is 97.0. The number of hydrogen-bond acceptors (Lipinski definition) is 19. The van der Waals surface area contributed by atoms with Crippen LogP contribution in [0.2, 0.25) is 0 Å². The Labute approximate surface area is 649 Å². The maximum absolute atomic E-state index is 14.3. The van der Waals surface area contributed by atoms with Gasteiger partial charge < -0.3 is 100 Å². The summed E-state index contributed by atoms with van der Waals surface area (Å²) in [6, 6.07) is -10.2. The van der Waals surface area contributed by atoms with Crippen molar-refractivity contribution in [1.29, 1.82) is 0 Å². The van der Waals surface area contributed by atoms with Gasteiger partial charge in [-0.05, 0) is 181 Å². The van der Waals surface area contributed by atoms with Gasteiger partial charge in [-0.25, -0.2) is 4.79 Å². The van der Waals surface area contributed by atoms with E-state index in [1.54, 1.807) is 41.5 Å². The predicted molar refractivity (Wildman–Crippen MR) is 404 cm³/mol. The number of carboxylic acid groups (broad SMARTS) is 1. The molecule has 2 heterocycles. The van der Waals surface area contributed by atoms with Crippen molar-refractivity contribution in [2.45, 2.75) is 311 Å². The van der Waals surface area contributed by atoms with E-state index in [0.717, 1.165) is 0 Å². The summed E-state index contributed by atoms with van der Waals surface area (Å²) in [7, 11) is 0. The number of rotatable bonds is 39. The highest BCUT2D eigenvalue weighted by Crippen LogP contribution is 2.26. The van der Waals surface area contributed by atoms with Crippen LogP contribution >= 0.6 is 0 Å². The van der Waals surface area contributed by atoms with Crippen LogP contribution in [-0.4, -0.2) is 239 Å². The molecule has 0 aromatic rings. The topological polar surface area (TPSA) is 558 Å². The van der Waals surface area contributed by atoms with Crippen molar-refractivity contribution < 1.29 is 96.2 Å². The Bertz CT molecular complexity index is 3560. The molecule has 2 aliphatic heterocycles. The number of carboxylic acids is 1. The Kier molecular flexibility index (Phi) is 33.8. The normalized spacial score (nSPS) is 16.6. The molecule has 0 aromatic carbocycles. The fraction of sp³-hybridized carbons (Fsp3) is 0.740. The zero-order chi connectivity index (χ0) is 86.2. The molecular formula is C73H124N18O20. The maximum Gasteiger partial charge on any atom is 0.328 e. The summed E-state index contributed by atoms with van der Waals surface area (Å²) in [6.45, 7) is 35.1. The molecule has 0 aliphatic carbocycles. The van der Waals surface area contributed by atoms with Crippen LogP contribution in [0.15, 0.2) is 0 Å². The monoisotopic (exact) mass is 1570 g/mol. The molecule has 0 saturated carbocycles. The molecular weight excluding hydrogens is 1450 g/mol. The summed E-state index contributed by atoms with van der Waals surface area (Å²) >= 11 is 0. The van der Waals surface area contributed by atoms with Crippen LogP contribution in [0.25, 0.3) is 0 Å². The van der Waals surface area contributed by atoms with Crippen LogP contribution in [0, 0.1) is 17.8 Å². The lowest BCUT2D eigenvalue weighted by molar-refractivity contribution is -0.147. The summed E-state index contributed by atoms with van der Waals surface area (Å²) in [6.07, 6.45) is 0.542. The number of primary amides is 1. The number of carbonyl (C=O) groups is 19. The van der Waals surface area contributed by atoms with Gasteiger partial charge in [0.2, 0.25) is 106 Å². The van der Waals surface area contributed by atoms with Crippen molar-refractivity contribution in [3.8, 4) is 0 Å². The fourth-order valence-corrected chi connectivity index (χ4v) is 11.7. The Morgan fingerprint density at radius 2 is 0.775 bits per heavy atom. The first-order chi connectivity index (χ1) is 50.4. The Balaban J connectivity index is 2.12. The van der Waals surface area contributed by atoms with Crippen molar-refractivity contribution in [2.75, 3.05) is 19.6 Å². The standard InChI is InChI=1S/C73H124N18O20/c1-36(2)34-43(53(98)85-72(22,23)64(109)90-32-26-28-44(90)54(99)80-48(37(3)4)56(101)88-70(18,19)62(107)89-73(24,25)65(110)111)78-47(94)35-75-58(103)66(10,11)87-57(102)49(38(5)6)81-61(106)69(16,17)84-52(97)42(30-31-46(74)93)79-50(95)39(7)76-59(104)67(12,13)83-51(96)40(8)77-60(105)68(14,15)86-55(100)45-29-27-33-91(45)63(108)71(20,21)82-41(9)92/h36-40,42-45,48-49H,26-35H2,1-25H3,(H2,74,93)(H,75,103)(H,76,104)(H,77,105)(H,78,94)(H,79,95)(H,80,99)(H,81,106)(H,82,92)(H,83,96)(H,84,97)(H,85,98)(H,86,100)(H,87,102)(H,88,101)(H,89,107)(H,110,111)/t39-,40-,42-,43-,44-,45-,48-,49-/m0/s1. The average Bonchev–Trinajstić information content (AvgIpc) is 1.73. The lowest BCUT2D eigenvalue weighted by atomic mass is 9.97. The lowest BCUT2D eigenvalue weighted by Gasteiger charge is -2.35. The van der Waals surface area contributed by atoms with Crippen LogP contribution in [0.1, 0.15) is 218 Å². The molecule has 0 bridgehead atoms. The molecule has 18 amide bonds. The fourth-order valence-electron chi connectivity index (χ4n) is 11.7. The molecule has 8 atom stereocenters. The van der Waals surface area contributed by atoms with E-state index in [0.29, 0.717) is 12.8 Å². The second-order valence-corrected chi connectivity index (χ2v) is 34.0. The van der Waals surface area contributed by atoms with Gasteiger partial charge in [0.25, 0.3) is 0 Å². The average molecular weight is 1570 g/mol. The third-order valence-electron chi connectivity index (χ3n) is 18.6. The third kappa shape index (κ3) is 28.3. The van der Waals surface area contributed by atoms with E-state index in [2.05, 4.69) is 79.8 Å². The zero-order valence-electron chi connectivity index (χ0n) is 69.1. The van der Waals surface area contributed by atoms with E-state index in [4.69, 9.17) is 5.73 Å². The molecule has 2 fully saturated rings. The van der Waals surface area contributed by atoms with E-state index < -0.39 is 236 Å². The number of amides is 18. The van der Waals surface area contributed by atoms with E-state index in [1.165, 1.54) is 141 Å². The smallest absolute Gasteiger partial charge is 0.328 e. The summed E-state index contributed by atoms with van der Waals surface area (Å²) in [5.41, 5.74) is -7.95. The number of nitrogens with one attached hydrogen (secondary N) is 15. The van der Waals surface area contributed by atoms with Crippen molar-refractivity contribution in [2.24, 2.45) is 23.5 Å². The number of carbonyl (C=O) groups excluding carboxylic acids is 18. The van der Waals surface area contributed by atoms with Crippen LogP contribution in [0.3, 0.4) is 0 Å². The van der Waals surface area contributed by atoms with Crippen LogP contribution in [0.4, 0.5) is 0 Å². The third-order valence-corrected chi connectivity index (χ3v) is 18.6. The predicted octanol–water partition coefficient (Wildman–Crippen LogP) is -3.08. The molecule has 18 N–H and O–H groups in total. The number of nitrogens with two attached hydrogens (primary N) is 1. The summed E-state index contributed by atoms with van der Waals surface area (Å²) in [4.78, 5) is 258. The first-order valence-electron chi connectivity index (χ1n) is 37.2. The molecule has 626 valence electrons. The largest absolute Gasteiger partial charge is 0.480 e. The van der Waals surface area contributed by atoms with Crippen molar-refractivity contribution in [1.82, 2.24) is 89.6 Å². The number of hydrogen-bond donors (Lipinski definition) is 17. The van der Waals surface area contributed by atoms with E-state index in [1.807, 2.05) is 0 Å². The van der Waals surface area contributed by atoms with Gasteiger partial charge in [-0.1, -0.05) is 41.5 Å². The molecule has 111 heavy (non-hydrogen) atoms. The second-order valence-electron chi connectivity index (χ2n) is 34.0. The Morgan fingerprint density at radius 1 is 0.396 bits per heavy atom. The van der Waals surface area contributed by atoms with Crippen LogP contribution in [0.5, 0.6) is 0 Å². The van der Waals surface area contributed by atoms with Gasteiger partial charge in [0.1, 0.15) is 92.6 Å². The number of nitrogens with zero attached hydrogens (tertiary/aromatic N) is 2. The van der Waals surface area contributed by atoms with Crippen LogP contribution in [-0.2, 0) is 91.1 Å². The molecule has 0 unspecified atom stereocenters. The van der Waals surface area contributed by atoms with Crippen molar-refractivity contribution >= 4 is 112 Å². The molecule has 0 radical (unpaired) electrons. The SMILES string of the molecule is CC(=O)NC(C)(C)C(=O)N1CCC[C@H]1C(=O)NC(C)(C)C(=O)N[C@@H](C)C(=O)NC(C)(C)C(=O)N[C@@H](C)C(=O)N[C@@H](CCC(N)=O)C(=O)NC(C)(C)C(=O)N[C@H](C(=O)NC(C)(C)C(=O)NCC(=O)N[C@@H](CC(C)C)C(=O)NC(C)(C)C(=O)N1CCC[C@H]1C(=O)N[C@H](C(=O)NC(C)(C)C(=O)NC(C)(C)C(=O)O)C(C)C)C(C)C. The van der Waals surface area contributed by atoms with Crippen molar-refractivity contribution in [3.63, 3.8) is 0 Å². The van der Waals surface area contributed by atoms with Gasteiger partial charge in [0.15, 0.2) is 0 Å². The highest BCUT2D eigenvalue weighted by atomic mass is 16.4. The number of likely N-dealkylation sites (tertiary alicyclic amines) is 2. The summed E-state index contributed by atoms with van der Waals surface area (Å²) in [5, 5.41) is 47.6. The van der Waals surface area contributed by atoms with Gasteiger partial charge in [-0.3, -0.25) is 86.3 Å². The van der Waals surface area contributed by atoms with Gasteiger partial charge in [-0.2, -0.15) is 0 Å². The highest BCUT2D eigenvalue weighted by molar-refractivity contribution is 6.03. The van der Waals surface area contributed by atoms with Gasteiger partial charge in [0, 0.05) is 26.4 Å². The summed E-state index contributed by atoms with van der Waals surface area (Å²) < 4.78 is 0. The molecule has 2 aliphatic rings. The van der Waals surface area contributed by atoms with Gasteiger partial charge in [0.05, 0.1) is 6.54 Å². The highest BCUT2D eigenvalue weighted by Gasteiger charge is 2.48. The van der Waals surface area contributed by atoms with E-state index >= 15 is 0 Å². The lowest BCUT2D eigenvalue weighted by Crippen LogP contribution is -2.65. The molecule has 2 rings (SSSR count). The maximum atomic E-state index is 14.3. The first-order valence-corrected chi connectivity index (χ1v) is 37.2. The Morgan fingerprint density at radius 3 is 1.22 bits per heavy atom. The second kappa shape index (κ2) is 38.7.